The normalized spacial score (nSPS) is 23.5. The van der Waals surface area contributed by atoms with E-state index in [2.05, 4.69) is 30.7 Å². The van der Waals surface area contributed by atoms with Gasteiger partial charge in [-0.2, -0.15) is 14.4 Å². The molecule has 2 aromatic carbocycles. The molecule has 2 atom stereocenters. The molecule has 3 aliphatic rings. The van der Waals surface area contributed by atoms with E-state index < -0.39 is 10.0 Å². The number of hydrogen-bond donors (Lipinski definition) is 0. The van der Waals surface area contributed by atoms with Crippen molar-refractivity contribution in [2.75, 3.05) is 26.2 Å². The Morgan fingerprint density at radius 1 is 0.929 bits per heavy atom. The first-order valence-corrected chi connectivity index (χ1v) is 17.0. The summed E-state index contributed by atoms with van der Waals surface area (Å²) in [5, 5.41) is 5.65. The summed E-state index contributed by atoms with van der Waals surface area (Å²) in [5.74, 6) is 1.06. The van der Waals surface area contributed by atoms with E-state index in [-0.39, 0.29) is 10.8 Å². The van der Waals surface area contributed by atoms with Crippen LogP contribution >= 0.6 is 11.8 Å². The van der Waals surface area contributed by atoms with Crippen LogP contribution in [0.3, 0.4) is 0 Å². The number of piperidine rings is 2. The SMILES string of the molecule is CC1CCN(C2=NC(=O)C(=Cc3cn(-c4ccccc4)nc3-c3cccc(S(=O)(=O)N4CC(C)CC(C)C4)c3)S2)CC1. The fourth-order valence-electron chi connectivity index (χ4n) is 6.06. The first-order valence-electron chi connectivity index (χ1n) is 14.7. The summed E-state index contributed by atoms with van der Waals surface area (Å²) < 4.78 is 30.8. The monoisotopic (exact) mass is 603 g/mol. The molecule has 0 N–H and O–H groups in total. The van der Waals surface area contributed by atoms with Gasteiger partial charge in [0, 0.05) is 43.5 Å². The third kappa shape index (κ3) is 5.98. The zero-order chi connectivity index (χ0) is 29.4. The largest absolute Gasteiger partial charge is 0.351 e. The molecule has 3 aliphatic heterocycles. The Hall–Kier alpha value is -3.21. The van der Waals surface area contributed by atoms with Gasteiger partial charge in [0.05, 0.1) is 15.5 Å². The summed E-state index contributed by atoms with van der Waals surface area (Å²) in [4.78, 5) is 20.4. The van der Waals surface area contributed by atoms with Crippen molar-refractivity contribution in [2.45, 2.75) is 44.9 Å². The van der Waals surface area contributed by atoms with Crippen molar-refractivity contribution in [3.8, 4) is 16.9 Å². The van der Waals surface area contributed by atoms with Crippen molar-refractivity contribution in [3.63, 3.8) is 0 Å². The number of benzene rings is 2. The van der Waals surface area contributed by atoms with Gasteiger partial charge in [0.15, 0.2) is 5.17 Å². The fraction of sp³-hybridized carbons (Fsp3) is 0.406. The average molecular weight is 604 g/mol. The Kier molecular flexibility index (Phi) is 8.13. The molecular weight excluding hydrogens is 567 g/mol. The van der Waals surface area contributed by atoms with Crippen molar-refractivity contribution in [2.24, 2.45) is 22.7 Å². The van der Waals surface area contributed by atoms with Crippen LogP contribution in [-0.4, -0.2) is 64.7 Å². The molecule has 2 unspecified atom stereocenters. The Balaban J connectivity index is 1.35. The molecule has 1 amide bonds. The second kappa shape index (κ2) is 11.8. The van der Waals surface area contributed by atoms with Gasteiger partial charge in [0.2, 0.25) is 10.0 Å². The second-order valence-electron chi connectivity index (χ2n) is 12.0. The lowest BCUT2D eigenvalue weighted by Crippen LogP contribution is -2.42. The molecule has 220 valence electrons. The number of carbonyl (C=O) groups excluding carboxylic acids is 1. The minimum absolute atomic E-state index is 0.253. The van der Waals surface area contributed by atoms with Crippen LogP contribution in [0.15, 0.2) is 75.6 Å². The van der Waals surface area contributed by atoms with Gasteiger partial charge in [-0.15, -0.1) is 0 Å². The molecule has 3 aromatic rings. The highest BCUT2D eigenvalue weighted by Crippen LogP contribution is 2.35. The summed E-state index contributed by atoms with van der Waals surface area (Å²) in [6, 6.07) is 16.8. The van der Waals surface area contributed by atoms with E-state index in [0.29, 0.717) is 47.0 Å². The second-order valence-corrected chi connectivity index (χ2v) is 14.9. The average Bonchev–Trinajstić information content (AvgIpc) is 3.57. The summed E-state index contributed by atoms with van der Waals surface area (Å²) in [6.07, 6.45) is 6.94. The van der Waals surface area contributed by atoms with E-state index in [0.717, 1.165) is 48.8 Å². The number of hydrogen-bond acceptors (Lipinski definition) is 6. The molecule has 0 radical (unpaired) electrons. The topological polar surface area (TPSA) is 87.9 Å². The van der Waals surface area contributed by atoms with Gasteiger partial charge in [-0.05, 0) is 79.1 Å². The highest BCUT2D eigenvalue weighted by atomic mass is 32.2. The van der Waals surface area contributed by atoms with Crippen LogP contribution in [0.1, 0.15) is 45.6 Å². The summed E-state index contributed by atoms with van der Waals surface area (Å²) >= 11 is 1.40. The number of para-hydroxylation sites is 1. The van der Waals surface area contributed by atoms with E-state index in [1.54, 1.807) is 27.2 Å². The maximum atomic E-state index is 13.7. The van der Waals surface area contributed by atoms with Crippen LogP contribution in [0.25, 0.3) is 23.0 Å². The number of thioether (sulfide) groups is 1. The number of aliphatic imine (C=N–C) groups is 1. The van der Waals surface area contributed by atoms with Gasteiger partial charge < -0.3 is 4.90 Å². The summed E-state index contributed by atoms with van der Waals surface area (Å²) in [7, 11) is -3.67. The lowest BCUT2D eigenvalue weighted by atomic mass is 9.94. The minimum Gasteiger partial charge on any atom is -0.351 e. The molecule has 8 nitrogen and oxygen atoms in total. The minimum atomic E-state index is -3.67. The van der Waals surface area contributed by atoms with E-state index in [4.69, 9.17) is 5.10 Å². The maximum Gasteiger partial charge on any atom is 0.286 e. The van der Waals surface area contributed by atoms with E-state index in [9.17, 15) is 13.2 Å². The van der Waals surface area contributed by atoms with Crippen LogP contribution in [0.2, 0.25) is 0 Å². The molecular formula is C32H37N5O3S2. The fourth-order valence-corrected chi connectivity index (χ4v) is 8.74. The van der Waals surface area contributed by atoms with Crippen molar-refractivity contribution >= 4 is 38.9 Å². The Bertz CT molecular complexity index is 1630. The van der Waals surface area contributed by atoms with E-state index >= 15 is 0 Å². The zero-order valence-electron chi connectivity index (χ0n) is 24.3. The quantitative estimate of drug-likeness (QED) is 0.337. The van der Waals surface area contributed by atoms with Crippen LogP contribution in [-0.2, 0) is 14.8 Å². The molecule has 0 spiro atoms. The van der Waals surface area contributed by atoms with Crippen molar-refractivity contribution in [1.29, 1.82) is 0 Å². The van der Waals surface area contributed by atoms with Gasteiger partial charge in [-0.3, -0.25) is 4.79 Å². The highest BCUT2D eigenvalue weighted by Gasteiger charge is 2.32. The van der Waals surface area contributed by atoms with Crippen LogP contribution in [0, 0.1) is 17.8 Å². The van der Waals surface area contributed by atoms with Gasteiger partial charge in [-0.1, -0.05) is 51.1 Å². The lowest BCUT2D eigenvalue weighted by Gasteiger charge is -2.34. The lowest BCUT2D eigenvalue weighted by molar-refractivity contribution is -0.113. The summed E-state index contributed by atoms with van der Waals surface area (Å²) in [6.45, 7) is 9.32. The molecule has 2 saturated heterocycles. The smallest absolute Gasteiger partial charge is 0.286 e. The maximum absolute atomic E-state index is 13.7. The van der Waals surface area contributed by atoms with Crippen LogP contribution < -0.4 is 0 Å². The van der Waals surface area contributed by atoms with Crippen molar-refractivity contribution in [3.05, 3.63) is 71.3 Å². The standard InChI is InChI=1S/C32H37N5O3S2/c1-22-12-14-35(15-13-22)32-33-31(38)29(41-32)18-26-21-37(27-9-5-4-6-10-27)34-30(26)25-8-7-11-28(17-25)42(39,40)36-19-23(2)16-24(3)20-36/h4-11,17-18,21-24H,12-16,19-20H2,1-3H3. The first-order chi connectivity index (χ1) is 20.2. The highest BCUT2D eigenvalue weighted by molar-refractivity contribution is 8.18. The number of nitrogens with zero attached hydrogens (tertiary/aromatic N) is 5. The Morgan fingerprint density at radius 2 is 1.64 bits per heavy atom. The number of likely N-dealkylation sites (tertiary alicyclic amines) is 1. The number of sulfonamides is 1. The molecule has 1 aromatic heterocycles. The number of amides is 1. The Morgan fingerprint density at radius 3 is 2.36 bits per heavy atom. The van der Waals surface area contributed by atoms with Crippen LogP contribution in [0.4, 0.5) is 0 Å². The molecule has 10 heteroatoms. The molecule has 4 heterocycles. The van der Waals surface area contributed by atoms with Gasteiger partial charge in [0.25, 0.3) is 5.91 Å². The number of aromatic nitrogens is 2. The molecule has 6 rings (SSSR count). The van der Waals surface area contributed by atoms with Crippen LogP contribution in [0.5, 0.6) is 0 Å². The third-order valence-corrected chi connectivity index (χ3v) is 11.2. The van der Waals surface area contributed by atoms with E-state index in [1.807, 2.05) is 48.7 Å². The van der Waals surface area contributed by atoms with Gasteiger partial charge in [0.1, 0.15) is 5.69 Å². The molecule has 42 heavy (non-hydrogen) atoms. The van der Waals surface area contributed by atoms with Gasteiger partial charge >= 0.3 is 0 Å². The number of carbonyl (C=O) groups is 1. The number of amidine groups is 1. The molecule has 2 fully saturated rings. The Labute approximate surface area is 252 Å². The van der Waals surface area contributed by atoms with E-state index in [1.165, 1.54) is 11.8 Å². The molecule has 0 aliphatic carbocycles. The third-order valence-electron chi connectivity index (χ3n) is 8.29. The molecule has 0 saturated carbocycles. The summed E-state index contributed by atoms with van der Waals surface area (Å²) in [5.41, 5.74) is 2.89. The van der Waals surface area contributed by atoms with Crippen molar-refractivity contribution < 1.29 is 13.2 Å². The predicted molar refractivity (Wildman–Crippen MR) is 169 cm³/mol. The molecule has 0 bridgehead atoms. The zero-order valence-corrected chi connectivity index (χ0v) is 25.9. The van der Waals surface area contributed by atoms with Crippen molar-refractivity contribution in [1.82, 2.24) is 19.0 Å². The number of rotatable bonds is 5. The first kappa shape index (κ1) is 28.9. The van der Waals surface area contributed by atoms with Gasteiger partial charge in [-0.25, -0.2) is 13.1 Å². The predicted octanol–water partition coefficient (Wildman–Crippen LogP) is 5.91.